The summed E-state index contributed by atoms with van der Waals surface area (Å²) in [5.41, 5.74) is 8.81. The minimum Gasteiger partial charge on any atom is -0.455 e. The van der Waals surface area contributed by atoms with Gasteiger partial charge in [-0.1, -0.05) is 31.5 Å². The third-order valence-electron chi connectivity index (χ3n) is 7.56. The number of cyclic esters (lactones) is 1. The second-order valence-electron chi connectivity index (χ2n) is 11.1. The molecule has 202 valence electrons. The molecule has 10 heteroatoms. The van der Waals surface area contributed by atoms with Crippen molar-refractivity contribution in [2.45, 2.75) is 97.7 Å². The maximum atomic E-state index is 13.2. The van der Waals surface area contributed by atoms with Crippen LogP contribution in [0.5, 0.6) is 0 Å². The molecule has 0 aromatic carbocycles. The molecule has 3 heterocycles. The van der Waals surface area contributed by atoms with Gasteiger partial charge in [-0.2, -0.15) is 0 Å². The molecule has 2 unspecified atom stereocenters. The molecule has 1 saturated heterocycles. The average Bonchev–Trinajstić information content (AvgIpc) is 3.26. The van der Waals surface area contributed by atoms with Crippen LogP contribution in [0.25, 0.3) is 16.5 Å². The molecule has 0 saturated carbocycles. The topological polar surface area (TPSA) is 138 Å². The Labute approximate surface area is 222 Å². The molecule has 2 aliphatic heterocycles. The smallest absolute Gasteiger partial charge is 0.331 e. The highest BCUT2D eigenvalue weighted by Gasteiger charge is 2.52. The van der Waals surface area contributed by atoms with Gasteiger partial charge in [0.15, 0.2) is 0 Å². The Morgan fingerprint density at radius 1 is 1.35 bits per heavy atom. The number of aromatic nitrogens is 1. The van der Waals surface area contributed by atoms with E-state index in [4.69, 9.17) is 15.0 Å². The number of Topliss-reactive ketones (excluding diaryl/α,β-unsaturated/α-hetero) is 1. The van der Waals surface area contributed by atoms with Gasteiger partial charge in [0.05, 0.1) is 35.1 Å². The van der Waals surface area contributed by atoms with E-state index in [0.29, 0.717) is 17.1 Å². The summed E-state index contributed by atoms with van der Waals surface area (Å²) < 4.78 is 11.9. The van der Waals surface area contributed by atoms with E-state index < -0.39 is 29.5 Å². The largest absolute Gasteiger partial charge is 0.455 e. The third-order valence-corrected chi connectivity index (χ3v) is 8.41. The van der Waals surface area contributed by atoms with Gasteiger partial charge in [0.25, 0.3) is 0 Å². The Morgan fingerprint density at radius 2 is 2.08 bits per heavy atom. The van der Waals surface area contributed by atoms with Crippen molar-refractivity contribution in [3.05, 3.63) is 44.2 Å². The van der Waals surface area contributed by atoms with Crippen LogP contribution in [0.2, 0.25) is 0 Å². The number of epoxide rings is 1. The Morgan fingerprint density at radius 3 is 2.78 bits per heavy atom. The van der Waals surface area contributed by atoms with E-state index in [-0.39, 0.29) is 30.0 Å². The zero-order valence-corrected chi connectivity index (χ0v) is 23.3. The van der Waals surface area contributed by atoms with Crippen molar-refractivity contribution >= 4 is 29.2 Å². The molecule has 37 heavy (non-hydrogen) atoms. The number of allylic oxidation sites excluding steroid dienone is 1. The van der Waals surface area contributed by atoms with Crippen LogP contribution in [0.15, 0.2) is 28.2 Å². The molecular formula is C27H38N4O5S. The van der Waals surface area contributed by atoms with Crippen LogP contribution in [0.1, 0.15) is 77.9 Å². The fraction of sp³-hybridized carbons (Fsp3) is 0.667. The monoisotopic (exact) mass is 530 g/mol. The molecular weight excluding hydrogens is 492 g/mol. The van der Waals surface area contributed by atoms with Crippen molar-refractivity contribution in [1.82, 2.24) is 4.98 Å². The lowest BCUT2D eigenvalue weighted by Crippen LogP contribution is -2.38. The summed E-state index contributed by atoms with van der Waals surface area (Å²) in [6.45, 7) is 11.4. The predicted molar refractivity (Wildman–Crippen MR) is 143 cm³/mol. The number of ether oxygens (including phenoxy) is 2. The molecule has 1 N–H and O–H groups in total. The lowest BCUT2D eigenvalue weighted by atomic mass is 9.76. The molecule has 1 fully saturated rings. The number of hydrogen-bond acceptors (Lipinski definition) is 8. The van der Waals surface area contributed by atoms with Gasteiger partial charge in [-0.3, -0.25) is 4.79 Å². The lowest BCUT2D eigenvalue weighted by molar-refractivity contribution is -0.141. The number of azide groups is 1. The second-order valence-corrected chi connectivity index (χ2v) is 12.0. The number of fused-ring (bicyclic) bond motifs is 1. The summed E-state index contributed by atoms with van der Waals surface area (Å²) in [4.78, 5) is 33.2. The van der Waals surface area contributed by atoms with Gasteiger partial charge >= 0.3 is 5.97 Å². The van der Waals surface area contributed by atoms with Crippen LogP contribution in [-0.2, 0) is 25.6 Å². The van der Waals surface area contributed by atoms with E-state index in [2.05, 4.69) is 21.9 Å². The second kappa shape index (κ2) is 11.9. The number of carbonyl (C=O) groups is 2. The van der Waals surface area contributed by atoms with Crippen molar-refractivity contribution in [2.24, 2.45) is 22.4 Å². The summed E-state index contributed by atoms with van der Waals surface area (Å²) in [7, 11) is 0. The standard InChI is InChI=1S/C27H38N4O5S/c1-16-8-7-10-27(6)21(36-27)13-20(17(2)12-19-15-37-22(30-19)14-29-31-28)35-23(32)9-11-26(4,5)25(34)18(3)24(16)33/h9,11-12,15-16,18,20-21,24,33H,7-8,10,13-14H2,1-6H3/b11-9+,17-12+/t16-,18+,20?,21?,24-,27+/m0/s1. The molecule has 0 radical (unpaired) electrons. The van der Waals surface area contributed by atoms with E-state index >= 15 is 0 Å². The predicted octanol–water partition coefficient (Wildman–Crippen LogP) is 5.78. The number of rotatable bonds is 4. The number of thiazole rings is 1. The number of hydrogen-bond donors (Lipinski definition) is 1. The quantitative estimate of drug-likeness (QED) is 0.172. The van der Waals surface area contributed by atoms with Gasteiger partial charge in [-0.25, -0.2) is 9.78 Å². The number of esters is 1. The number of aliphatic hydroxyl groups is 1. The van der Waals surface area contributed by atoms with E-state index in [9.17, 15) is 14.7 Å². The average molecular weight is 531 g/mol. The summed E-state index contributed by atoms with van der Waals surface area (Å²) >= 11 is 1.40. The molecule has 0 amide bonds. The van der Waals surface area contributed by atoms with Crippen LogP contribution >= 0.6 is 11.3 Å². The van der Waals surface area contributed by atoms with Crippen molar-refractivity contribution in [3.63, 3.8) is 0 Å². The minimum absolute atomic E-state index is 0.0304. The van der Waals surface area contributed by atoms with Crippen LogP contribution in [0.3, 0.4) is 0 Å². The van der Waals surface area contributed by atoms with Crippen LogP contribution in [-0.4, -0.2) is 45.8 Å². The van der Waals surface area contributed by atoms with Gasteiger partial charge in [0.1, 0.15) is 11.9 Å². The number of aliphatic hydroxyl groups excluding tert-OH is 1. The molecule has 3 rings (SSSR count). The zero-order chi connectivity index (χ0) is 27.4. The Kier molecular flexibility index (Phi) is 9.34. The fourth-order valence-corrected chi connectivity index (χ4v) is 5.60. The SMILES string of the molecule is C/C(=C\c1csc(CN=[N+]=[N-])n1)C1CC2O[C@]2(C)CCC[C@H](C)[C@H](O)[C@@H](C)C(=O)C(C)(C)/C=C/C(=O)O1. The summed E-state index contributed by atoms with van der Waals surface area (Å²) in [5.74, 6) is -1.25. The molecule has 0 aliphatic carbocycles. The highest BCUT2D eigenvalue weighted by Crippen LogP contribution is 2.45. The van der Waals surface area contributed by atoms with Gasteiger partial charge in [0.2, 0.25) is 0 Å². The molecule has 2 aliphatic rings. The van der Waals surface area contributed by atoms with E-state index in [1.807, 2.05) is 25.3 Å². The van der Waals surface area contributed by atoms with Crippen molar-refractivity contribution < 1.29 is 24.2 Å². The number of nitrogens with zero attached hydrogens (tertiary/aromatic N) is 4. The first-order valence-electron chi connectivity index (χ1n) is 12.8. The first-order valence-corrected chi connectivity index (χ1v) is 13.7. The maximum absolute atomic E-state index is 13.2. The lowest BCUT2D eigenvalue weighted by Gasteiger charge is -2.30. The summed E-state index contributed by atoms with van der Waals surface area (Å²) in [6.07, 6.45) is 6.38. The van der Waals surface area contributed by atoms with E-state index in [1.54, 1.807) is 26.8 Å². The van der Waals surface area contributed by atoms with Gasteiger partial charge < -0.3 is 14.6 Å². The van der Waals surface area contributed by atoms with E-state index in [0.717, 1.165) is 24.8 Å². The first kappa shape index (κ1) is 29.0. The highest BCUT2D eigenvalue weighted by molar-refractivity contribution is 7.09. The van der Waals surface area contributed by atoms with Crippen molar-refractivity contribution in [1.29, 1.82) is 0 Å². The molecule has 1 aromatic rings. The van der Waals surface area contributed by atoms with Crippen LogP contribution in [0.4, 0.5) is 0 Å². The Bertz CT molecular complexity index is 1110. The van der Waals surface area contributed by atoms with Crippen LogP contribution < -0.4 is 0 Å². The summed E-state index contributed by atoms with van der Waals surface area (Å²) in [6, 6.07) is 0. The first-order chi connectivity index (χ1) is 17.4. The fourth-order valence-electron chi connectivity index (χ4n) is 4.93. The van der Waals surface area contributed by atoms with Gasteiger partial charge in [-0.05, 0) is 63.6 Å². The molecule has 6 atom stereocenters. The molecule has 0 bridgehead atoms. The minimum atomic E-state index is -0.933. The van der Waals surface area contributed by atoms with Crippen LogP contribution in [0, 0.1) is 17.3 Å². The Hall–Kier alpha value is -2.52. The molecule has 9 nitrogen and oxygen atoms in total. The molecule has 0 spiro atoms. The third kappa shape index (κ3) is 7.51. The van der Waals surface area contributed by atoms with Crippen molar-refractivity contribution in [3.8, 4) is 0 Å². The zero-order valence-electron chi connectivity index (χ0n) is 22.5. The number of ketones is 1. The maximum Gasteiger partial charge on any atom is 0.331 e. The van der Waals surface area contributed by atoms with Gasteiger partial charge in [-0.15, -0.1) is 11.3 Å². The summed E-state index contributed by atoms with van der Waals surface area (Å²) in [5, 5.41) is 16.9. The highest BCUT2D eigenvalue weighted by atomic mass is 32.1. The molecule has 1 aromatic heterocycles. The van der Waals surface area contributed by atoms with Crippen molar-refractivity contribution in [2.75, 3.05) is 0 Å². The Balaban J connectivity index is 1.85. The number of carbonyl (C=O) groups excluding carboxylic acids is 2. The van der Waals surface area contributed by atoms with E-state index in [1.165, 1.54) is 17.4 Å². The normalized spacial score (nSPS) is 34.1. The van der Waals surface area contributed by atoms with Gasteiger partial charge in [0, 0.05) is 34.1 Å².